The molecular formula is C12H15BrO3. The van der Waals surface area contributed by atoms with Crippen molar-refractivity contribution in [1.82, 2.24) is 0 Å². The van der Waals surface area contributed by atoms with Crippen molar-refractivity contribution in [2.75, 3.05) is 13.2 Å². The first-order valence-corrected chi connectivity index (χ1v) is 5.99. The summed E-state index contributed by atoms with van der Waals surface area (Å²) in [4.78, 5) is 11.4. The summed E-state index contributed by atoms with van der Waals surface area (Å²) in [6.07, 6.45) is 0. The highest BCUT2D eigenvalue weighted by Crippen LogP contribution is 2.33. The van der Waals surface area contributed by atoms with Gasteiger partial charge in [0.2, 0.25) is 0 Å². The van der Waals surface area contributed by atoms with Crippen LogP contribution in [0.25, 0.3) is 0 Å². The highest BCUT2D eigenvalue weighted by Gasteiger charge is 2.13. The second-order valence-corrected chi connectivity index (χ2v) is 4.06. The topological polar surface area (TPSA) is 35.5 Å². The smallest absolute Gasteiger partial charge is 0.163 e. The number of halogens is 1. The molecule has 16 heavy (non-hydrogen) atoms. The summed E-state index contributed by atoms with van der Waals surface area (Å²) in [7, 11) is 0. The van der Waals surface area contributed by atoms with Crippen molar-refractivity contribution in [3.8, 4) is 11.5 Å². The van der Waals surface area contributed by atoms with Crippen LogP contribution in [0.5, 0.6) is 11.5 Å². The first-order valence-electron chi connectivity index (χ1n) is 5.20. The molecule has 88 valence electrons. The maximum Gasteiger partial charge on any atom is 0.163 e. The number of ether oxygens (including phenoxy) is 2. The molecule has 0 aliphatic carbocycles. The van der Waals surface area contributed by atoms with Crippen LogP contribution >= 0.6 is 15.9 Å². The normalized spacial score (nSPS) is 10.0. The van der Waals surface area contributed by atoms with E-state index >= 15 is 0 Å². The molecule has 0 amide bonds. The van der Waals surface area contributed by atoms with Gasteiger partial charge in [-0.05, 0) is 42.8 Å². The van der Waals surface area contributed by atoms with E-state index in [0.29, 0.717) is 30.3 Å². The lowest BCUT2D eigenvalue weighted by Gasteiger charge is -2.12. The number of rotatable bonds is 5. The Labute approximate surface area is 104 Å². The third kappa shape index (κ3) is 2.98. The lowest BCUT2D eigenvalue weighted by Crippen LogP contribution is -2.02. The first-order chi connectivity index (χ1) is 7.60. The molecule has 0 aliphatic heterocycles. The highest BCUT2D eigenvalue weighted by atomic mass is 79.9. The van der Waals surface area contributed by atoms with E-state index in [1.54, 1.807) is 12.1 Å². The van der Waals surface area contributed by atoms with E-state index < -0.39 is 0 Å². The number of carbonyl (C=O) groups is 1. The molecule has 0 unspecified atom stereocenters. The molecule has 1 rings (SSSR count). The Hall–Kier alpha value is -1.03. The van der Waals surface area contributed by atoms with E-state index in [-0.39, 0.29) is 5.78 Å². The van der Waals surface area contributed by atoms with E-state index in [4.69, 9.17) is 9.47 Å². The summed E-state index contributed by atoms with van der Waals surface area (Å²) in [5, 5.41) is 0. The summed E-state index contributed by atoms with van der Waals surface area (Å²) in [6, 6.07) is 3.48. The van der Waals surface area contributed by atoms with Crippen LogP contribution in [0.4, 0.5) is 0 Å². The van der Waals surface area contributed by atoms with E-state index in [9.17, 15) is 4.79 Å². The van der Waals surface area contributed by atoms with Gasteiger partial charge >= 0.3 is 0 Å². The van der Waals surface area contributed by atoms with Gasteiger partial charge in [-0.1, -0.05) is 0 Å². The zero-order chi connectivity index (χ0) is 12.1. The van der Waals surface area contributed by atoms with Crippen molar-refractivity contribution in [1.29, 1.82) is 0 Å². The summed E-state index contributed by atoms with van der Waals surface area (Å²) in [5.74, 6) is 1.24. The largest absolute Gasteiger partial charge is 0.493 e. The van der Waals surface area contributed by atoms with Crippen molar-refractivity contribution >= 4 is 21.7 Å². The van der Waals surface area contributed by atoms with Crippen LogP contribution in [-0.2, 0) is 0 Å². The van der Waals surface area contributed by atoms with Gasteiger partial charge in [-0.15, -0.1) is 0 Å². The summed E-state index contributed by atoms with van der Waals surface area (Å²) >= 11 is 3.37. The van der Waals surface area contributed by atoms with E-state index in [1.165, 1.54) is 6.92 Å². The third-order valence-corrected chi connectivity index (χ3v) is 2.63. The second-order valence-electron chi connectivity index (χ2n) is 3.20. The summed E-state index contributed by atoms with van der Waals surface area (Å²) in [6.45, 7) is 6.40. The standard InChI is InChI=1S/C12H15BrO3/c1-4-15-11-7-12(16-5-2)10(13)6-9(11)8(3)14/h6-7H,4-5H2,1-3H3. The van der Waals surface area contributed by atoms with Crippen LogP contribution in [0.1, 0.15) is 31.1 Å². The summed E-state index contributed by atoms with van der Waals surface area (Å²) < 4.78 is 11.6. The number of Topliss-reactive ketones (excluding diaryl/α,β-unsaturated/α-hetero) is 1. The maximum absolute atomic E-state index is 11.4. The van der Waals surface area contributed by atoms with Crippen LogP contribution in [0.3, 0.4) is 0 Å². The number of hydrogen-bond acceptors (Lipinski definition) is 3. The molecule has 0 bridgehead atoms. The number of ketones is 1. The average Bonchev–Trinajstić information content (AvgIpc) is 2.23. The van der Waals surface area contributed by atoms with E-state index in [2.05, 4.69) is 15.9 Å². The van der Waals surface area contributed by atoms with Crippen molar-refractivity contribution in [2.24, 2.45) is 0 Å². The molecule has 0 saturated heterocycles. The first kappa shape index (κ1) is 13.0. The lowest BCUT2D eigenvalue weighted by atomic mass is 10.1. The Morgan fingerprint density at radius 3 is 2.25 bits per heavy atom. The Morgan fingerprint density at radius 2 is 1.75 bits per heavy atom. The molecule has 0 aliphatic rings. The van der Waals surface area contributed by atoms with Crippen LogP contribution in [0.2, 0.25) is 0 Å². The Kier molecular flexibility index (Phi) is 4.80. The zero-order valence-electron chi connectivity index (χ0n) is 9.67. The monoisotopic (exact) mass is 286 g/mol. The highest BCUT2D eigenvalue weighted by molar-refractivity contribution is 9.10. The van der Waals surface area contributed by atoms with Crippen molar-refractivity contribution in [2.45, 2.75) is 20.8 Å². The molecule has 3 nitrogen and oxygen atoms in total. The minimum atomic E-state index is -0.0211. The molecule has 1 aromatic carbocycles. The SMILES string of the molecule is CCOc1cc(OCC)c(C(C)=O)cc1Br. The maximum atomic E-state index is 11.4. The minimum Gasteiger partial charge on any atom is -0.493 e. The number of benzene rings is 1. The molecule has 0 N–H and O–H groups in total. The van der Waals surface area contributed by atoms with Gasteiger partial charge < -0.3 is 9.47 Å². The fraction of sp³-hybridized carbons (Fsp3) is 0.417. The predicted octanol–water partition coefficient (Wildman–Crippen LogP) is 3.45. The van der Waals surface area contributed by atoms with Gasteiger partial charge in [-0.25, -0.2) is 0 Å². The number of hydrogen-bond donors (Lipinski definition) is 0. The van der Waals surface area contributed by atoms with Gasteiger partial charge in [0.1, 0.15) is 11.5 Å². The molecule has 0 atom stereocenters. The Morgan fingerprint density at radius 1 is 1.19 bits per heavy atom. The second kappa shape index (κ2) is 5.89. The van der Waals surface area contributed by atoms with Crippen LogP contribution in [0.15, 0.2) is 16.6 Å². The van der Waals surface area contributed by atoms with Gasteiger partial charge in [-0.2, -0.15) is 0 Å². The van der Waals surface area contributed by atoms with Crippen molar-refractivity contribution < 1.29 is 14.3 Å². The van der Waals surface area contributed by atoms with Gasteiger partial charge in [-0.3, -0.25) is 4.79 Å². The Bertz CT molecular complexity index is 388. The molecule has 0 radical (unpaired) electrons. The van der Waals surface area contributed by atoms with Crippen LogP contribution < -0.4 is 9.47 Å². The zero-order valence-corrected chi connectivity index (χ0v) is 11.3. The average molecular weight is 287 g/mol. The molecule has 0 heterocycles. The van der Waals surface area contributed by atoms with Crippen molar-refractivity contribution in [3.63, 3.8) is 0 Å². The van der Waals surface area contributed by atoms with Gasteiger partial charge in [0.05, 0.1) is 23.2 Å². The van der Waals surface area contributed by atoms with Crippen molar-refractivity contribution in [3.05, 3.63) is 22.2 Å². The molecule has 0 saturated carbocycles. The van der Waals surface area contributed by atoms with E-state index in [1.807, 2.05) is 13.8 Å². The van der Waals surface area contributed by atoms with Crippen LogP contribution in [-0.4, -0.2) is 19.0 Å². The third-order valence-electron chi connectivity index (χ3n) is 2.01. The lowest BCUT2D eigenvalue weighted by molar-refractivity contribution is 0.101. The fourth-order valence-corrected chi connectivity index (χ4v) is 1.81. The fourth-order valence-electron chi connectivity index (χ4n) is 1.35. The number of carbonyl (C=O) groups excluding carboxylic acids is 1. The van der Waals surface area contributed by atoms with Gasteiger partial charge in [0.25, 0.3) is 0 Å². The molecule has 1 aromatic rings. The molecule has 4 heteroatoms. The predicted molar refractivity (Wildman–Crippen MR) is 66.5 cm³/mol. The molecule has 0 aromatic heterocycles. The molecular weight excluding hydrogens is 272 g/mol. The quantitative estimate of drug-likeness (QED) is 0.778. The van der Waals surface area contributed by atoms with Crippen LogP contribution in [0, 0.1) is 0 Å². The molecule has 0 spiro atoms. The van der Waals surface area contributed by atoms with Gasteiger partial charge in [0.15, 0.2) is 5.78 Å². The van der Waals surface area contributed by atoms with Gasteiger partial charge in [0, 0.05) is 6.07 Å². The summed E-state index contributed by atoms with van der Waals surface area (Å²) in [5.41, 5.74) is 0.567. The van der Waals surface area contributed by atoms with E-state index in [0.717, 1.165) is 4.47 Å². The minimum absolute atomic E-state index is 0.0211. The Balaban J connectivity index is 3.19. The molecule has 0 fully saturated rings.